The van der Waals surface area contributed by atoms with Gasteiger partial charge in [0.1, 0.15) is 18.0 Å². The first-order valence-corrected chi connectivity index (χ1v) is 6.61. The zero-order chi connectivity index (χ0) is 13.9. The fraction of sp³-hybridized carbons (Fsp3) is 0.615. The monoisotopic (exact) mass is 262 g/mol. The average molecular weight is 262 g/mol. The lowest BCUT2D eigenvalue weighted by atomic mass is 10.1. The molecule has 2 aromatic rings. The third-order valence-corrected chi connectivity index (χ3v) is 2.89. The van der Waals surface area contributed by atoms with Gasteiger partial charge in [-0.05, 0) is 27.7 Å². The molecule has 0 radical (unpaired) electrons. The zero-order valence-electron chi connectivity index (χ0n) is 12.1. The van der Waals surface area contributed by atoms with Gasteiger partial charge in [-0.25, -0.2) is 14.6 Å². The minimum Gasteiger partial charge on any atom is -0.326 e. The van der Waals surface area contributed by atoms with Crippen molar-refractivity contribution in [2.75, 3.05) is 0 Å². The molecule has 0 unspecified atom stereocenters. The third-order valence-electron chi connectivity index (χ3n) is 2.89. The van der Waals surface area contributed by atoms with E-state index in [1.165, 1.54) is 0 Å². The van der Waals surface area contributed by atoms with Crippen molar-refractivity contribution in [1.29, 1.82) is 0 Å². The maximum Gasteiger partial charge on any atom is 0.146 e. The molecule has 0 aliphatic carbocycles. The van der Waals surface area contributed by atoms with Gasteiger partial charge < -0.3 is 9.88 Å². The largest absolute Gasteiger partial charge is 0.326 e. The number of rotatable bonds is 5. The van der Waals surface area contributed by atoms with Crippen LogP contribution in [0.3, 0.4) is 0 Å². The summed E-state index contributed by atoms with van der Waals surface area (Å²) in [5, 5.41) is 7.63. The minimum atomic E-state index is 0.0836. The fourth-order valence-electron chi connectivity index (χ4n) is 1.82. The second-order valence-corrected chi connectivity index (χ2v) is 5.57. The van der Waals surface area contributed by atoms with Crippen LogP contribution in [0.5, 0.6) is 0 Å². The molecule has 19 heavy (non-hydrogen) atoms. The van der Waals surface area contributed by atoms with Gasteiger partial charge in [-0.2, -0.15) is 5.10 Å². The first-order valence-electron chi connectivity index (χ1n) is 6.61. The van der Waals surface area contributed by atoms with Gasteiger partial charge in [0.2, 0.25) is 0 Å². The van der Waals surface area contributed by atoms with Gasteiger partial charge in [0.15, 0.2) is 0 Å². The molecule has 104 valence electrons. The normalized spacial score (nSPS) is 12.0. The Bertz CT molecular complexity index is 519. The summed E-state index contributed by atoms with van der Waals surface area (Å²) in [6.45, 7) is 10.8. The molecule has 0 atom stereocenters. The number of hydrogen-bond donors (Lipinski definition) is 1. The van der Waals surface area contributed by atoms with E-state index in [1.807, 2.05) is 17.1 Å². The van der Waals surface area contributed by atoms with E-state index in [-0.39, 0.29) is 5.54 Å². The Kier molecular flexibility index (Phi) is 3.99. The van der Waals surface area contributed by atoms with Gasteiger partial charge in [-0.1, -0.05) is 0 Å². The number of hydrogen-bond acceptors (Lipinski definition) is 4. The van der Waals surface area contributed by atoms with E-state index in [1.54, 1.807) is 6.33 Å². The third kappa shape index (κ3) is 3.64. The minimum absolute atomic E-state index is 0.0836. The van der Waals surface area contributed by atoms with Crippen molar-refractivity contribution in [3.8, 4) is 0 Å². The van der Waals surface area contributed by atoms with Gasteiger partial charge in [0, 0.05) is 24.5 Å². The number of imidazole rings is 1. The quantitative estimate of drug-likeness (QED) is 0.885. The molecule has 6 heteroatoms. The van der Waals surface area contributed by atoms with Crippen molar-refractivity contribution in [2.45, 2.75) is 52.9 Å². The molecule has 0 fully saturated rings. The van der Waals surface area contributed by atoms with Crippen LogP contribution in [-0.4, -0.2) is 29.9 Å². The van der Waals surface area contributed by atoms with E-state index in [2.05, 4.69) is 52.6 Å². The van der Waals surface area contributed by atoms with Crippen LogP contribution in [0.4, 0.5) is 0 Å². The van der Waals surface area contributed by atoms with Crippen LogP contribution in [0.25, 0.3) is 0 Å². The summed E-state index contributed by atoms with van der Waals surface area (Å²) in [5.41, 5.74) is 0.0836. The van der Waals surface area contributed by atoms with Crippen molar-refractivity contribution < 1.29 is 0 Å². The number of aryl methyl sites for hydroxylation is 1. The molecule has 2 heterocycles. The van der Waals surface area contributed by atoms with E-state index in [9.17, 15) is 0 Å². The second kappa shape index (κ2) is 5.52. The summed E-state index contributed by atoms with van der Waals surface area (Å²) >= 11 is 0. The Labute approximate surface area is 113 Å². The maximum atomic E-state index is 4.40. The van der Waals surface area contributed by atoms with E-state index in [0.29, 0.717) is 6.54 Å². The molecule has 0 spiro atoms. The lowest BCUT2D eigenvalue weighted by molar-refractivity contribution is 0.412. The Morgan fingerprint density at radius 1 is 1.21 bits per heavy atom. The molecule has 0 saturated heterocycles. The van der Waals surface area contributed by atoms with E-state index < -0.39 is 0 Å². The van der Waals surface area contributed by atoms with E-state index >= 15 is 0 Å². The summed E-state index contributed by atoms with van der Waals surface area (Å²) in [5.74, 6) is 1.97. The van der Waals surface area contributed by atoms with Crippen LogP contribution in [0, 0.1) is 0 Å². The molecular weight excluding hydrogens is 240 g/mol. The van der Waals surface area contributed by atoms with Gasteiger partial charge in [-0.15, -0.1) is 0 Å². The summed E-state index contributed by atoms with van der Waals surface area (Å²) < 4.78 is 4.01. The van der Waals surface area contributed by atoms with Gasteiger partial charge in [-0.3, -0.25) is 0 Å². The molecule has 0 amide bonds. The Balaban J connectivity index is 2.07. The molecule has 2 rings (SSSR count). The molecule has 0 aliphatic rings. The smallest absolute Gasteiger partial charge is 0.146 e. The maximum absolute atomic E-state index is 4.40. The first kappa shape index (κ1) is 13.7. The molecule has 0 saturated carbocycles. The molecule has 0 aliphatic heterocycles. The molecule has 6 nitrogen and oxygen atoms in total. The highest BCUT2D eigenvalue weighted by Crippen LogP contribution is 2.06. The highest BCUT2D eigenvalue weighted by molar-refractivity contribution is 4.97. The van der Waals surface area contributed by atoms with E-state index in [4.69, 9.17) is 0 Å². The predicted octanol–water partition coefficient (Wildman–Crippen LogP) is 1.43. The summed E-state index contributed by atoms with van der Waals surface area (Å²) in [6.07, 6.45) is 5.41. The number of nitrogens with zero attached hydrogens (tertiary/aromatic N) is 5. The van der Waals surface area contributed by atoms with Crippen molar-refractivity contribution in [1.82, 2.24) is 29.6 Å². The number of nitrogens with one attached hydrogen (secondary N) is 1. The Morgan fingerprint density at radius 2 is 2.00 bits per heavy atom. The Hall–Kier alpha value is -1.69. The second-order valence-electron chi connectivity index (χ2n) is 5.57. The zero-order valence-corrected chi connectivity index (χ0v) is 12.1. The van der Waals surface area contributed by atoms with Crippen molar-refractivity contribution in [3.63, 3.8) is 0 Å². The lowest BCUT2D eigenvalue weighted by Crippen LogP contribution is -2.36. The lowest BCUT2D eigenvalue weighted by Gasteiger charge is -2.20. The molecule has 1 N–H and O–H groups in total. The molecule has 0 aromatic carbocycles. The Morgan fingerprint density at radius 3 is 2.68 bits per heavy atom. The van der Waals surface area contributed by atoms with Crippen LogP contribution in [-0.2, 0) is 19.6 Å². The van der Waals surface area contributed by atoms with Crippen molar-refractivity contribution >= 4 is 0 Å². The van der Waals surface area contributed by atoms with Crippen LogP contribution >= 0.6 is 0 Å². The summed E-state index contributed by atoms with van der Waals surface area (Å²) in [4.78, 5) is 8.69. The van der Waals surface area contributed by atoms with Crippen LogP contribution in [0.15, 0.2) is 18.7 Å². The SMILES string of the molecule is CCn1ncnc1Cn1ccnc1CNC(C)(C)C. The van der Waals surface area contributed by atoms with Gasteiger partial charge in [0.05, 0.1) is 13.1 Å². The predicted molar refractivity (Wildman–Crippen MR) is 73.6 cm³/mol. The molecular formula is C13H22N6. The number of aromatic nitrogens is 5. The topological polar surface area (TPSA) is 60.6 Å². The first-order chi connectivity index (χ1) is 8.99. The van der Waals surface area contributed by atoms with Gasteiger partial charge >= 0.3 is 0 Å². The van der Waals surface area contributed by atoms with Crippen LogP contribution < -0.4 is 5.32 Å². The van der Waals surface area contributed by atoms with Crippen LogP contribution in [0.2, 0.25) is 0 Å². The standard InChI is InChI=1S/C13H22N6/c1-5-19-12(15-10-17-19)9-18-7-6-14-11(18)8-16-13(2,3)4/h6-7,10,16H,5,8-9H2,1-4H3. The summed E-state index contributed by atoms with van der Waals surface area (Å²) in [7, 11) is 0. The fourth-order valence-corrected chi connectivity index (χ4v) is 1.82. The average Bonchev–Trinajstić information content (AvgIpc) is 2.95. The molecule has 0 bridgehead atoms. The highest BCUT2D eigenvalue weighted by atomic mass is 15.3. The molecule has 2 aromatic heterocycles. The van der Waals surface area contributed by atoms with Crippen molar-refractivity contribution in [2.24, 2.45) is 0 Å². The van der Waals surface area contributed by atoms with Gasteiger partial charge in [0.25, 0.3) is 0 Å². The van der Waals surface area contributed by atoms with E-state index in [0.717, 1.165) is 24.7 Å². The highest BCUT2D eigenvalue weighted by Gasteiger charge is 2.12. The van der Waals surface area contributed by atoms with Crippen molar-refractivity contribution in [3.05, 3.63) is 30.4 Å². The van der Waals surface area contributed by atoms with Crippen LogP contribution in [0.1, 0.15) is 39.3 Å². The summed E-state index contributed by atoms with van der Waals surface area (Å²) in [6, 6.07) is 0.